The van der Waals surface area contributed by atoms with Gasteiger partial charge in [-0.1, -0.05) is 31.9 Å². The predicted molar refractivity (Wildman–Crippen MR) is 75.2 cm³/mol. The van der Waals surface area contributed by atoms with Crippen LogP contribution in [0.3, 0.4) is 0 Å². The second kappa shape index (κ2) is 6.59. The molecule has 0 aliphatic carbocycles. The molecule has 0 fully saturated rings. The number of hydrogen-bond donors (Lipinski definition) is 1. The molecular formula is C13H20ClN3O. The Morgan fingerprint density at radius 3 is 2.78 bits per heavy atom. The first kappa shape index (κ1) is 14.8. The van der Waals surface area contributed by atoms with Crippen molar-refractivity contribution in [1.82, 2.24) is 9.88 Å². The highest BCUT2D eigenvalue weighted by atomic mass is 35.5. The fourth-order valence-electron chi connectivity index (χ4n) is 1.59. The monoisotopic (exact) mass is 269 g/mol. The van der Waals surface area contributed by atoms with Crippen molar-refractivity contribution in [3.8, 4) is 0 Å². The number of rotatable bonds is 5. The van der Waals surface area contributed by atoms with Gasteiger partial charge in [-0.2, -0.15) is 0 Å². The van der Waals surface area contributed by atoms with E-state index in [1.54, 1.807) is 31.1 Å². The molecular weight excluding hydrogens is 250 g/mol. The lowest BCUT2D eigenvalue weighted by atomic mass is 10.1. The van der Waals surface area contributed by atoms with E-state index in [0.29, 0.717) is 29.0 Å². The van der Waals surface area contributed by atoms with Gasteiger partial charge in [0.05, 0.1) is 5.02 Å². The molecule has 1 aromatic heterocycles. The number of amides is 1. The van der Waals surface area contributed by atoms with Gasteiger partial charge in [-0.3, -0.25) is 4.79 Å². The number of nitrogens with one attached hydrogen (secondary N) is 1. The Labute approximate surface area is 113 Å². The van der Waals surface area contributed by atoms with E-state index in [1.807, 2.05) is 0 Å². The first-order chi connectivity index (χ1) is 8.49. The molecule has 0 spiro atoms. The maximum absolute atomic E-state index is 12.2. The molecule has 1 N–H and O–H groups in total. The molecule has 0 radical (unpaired) electrons. The van der Waals surface area contributed by atoms with Crippen LogP contribution in [0.15, 0.2) is 12.1 Å². The number of hydrogen-bond acceptors (Lipinski definition) is 3. The Kier molecular flexibility index (Phi) is 5.41. The van der Waals surface area contributed by atoms with Crippen molar-refractivity contribution in [3.05, 3.63) is 22.8 Å². The van der Waals surface area contributed by atoms with Gasteiger partial charge in [0.1, 0.15) is 11.5 Å². The van der Waals surface area contributed by atoms with Crippen LogP contribution in [0.2, 0.25) is 5.02 Å². The maximum Gasteiger partial charge on any atom is 0.273 e. The molecule has 0 aliphatic rings. The lowest BCUT2D eigenvalue weighted by Crippen LogP contribution is -2.31. The standard InChI is InChI=1S/C13H20ClN3O/c1-5-9(2)8-17(4)13(18)12-10(14)6-7-11(15-3)16-12/h6-7,9H,5,8H2,1-4H3,(H,15,16). The molecule has 4 nitrogen and oxygen atoms in total. The van der Waals surface area contributed by atoms with Crippen molar-refractivity contribution in [2.75, 3.05) is 26.0 Å². The van der Waals surface area contributed by atoms with Crippen LogP contribution in [-0.4, -0.2) is 36.4 Å². The van der Waals surface area contributed by atoms with Crippen molar-refractivity contribution in [1.29, 1.82) is 0 Å². The molecule has 1 aromatic rings. The molecule has 5 heteroatoms. The smallest absolute Gasteiger partial charge is 0.273 e. The van der Waals surface area contributed by atoms with Crippen LogP contribution in [0.25, 0.3) is 0 Å². The van der Waals surface area contributed by atoms with Crippen molar-refractivity contribution in [2.24, 2.45) is 5.92 Å². The van der Waals surface area contributed by atoms with Crippen LogP contribution in [0.5, 0.6) is 0 Å². The number of pyridine rings is 1. The van der Waals surface area contributed by atoms with Crippen LogP contribution >= 0.6 is 11.6 Å². The van der Waals surface area contributed by atoms with E-state index >= 15 is 0 Å². The zero-order chi connectivity index (χ0) is 13.7. The molecule has 1 rings (SSSR count). The van der Waals surface area contributed by atoms with Gasteiger partial charge >= 0.3 is 0 Å². The van der Waals surface area contributed by atoms with Gasteiger partial charge in [0.2, 0.25) is 0 Å². The maximum atomic E-state index is 12.2. The van der Waals surface area contributed by atoms with Gasteiger partial charge in [-0.15, -0.1) is 0 Å². The summed E-state index contributed by atoms with van der Waals surface area (Å²) in [6, 6.07) is 3.43. The highest BCUT2D eigenvalue weighted by Crippen LogP contribution is 2.18. The van der Waals surface area contributed by atoms with Gasteiger partial charge < -0.3 is 10.2 Å². The Bertz CT molecular complexity index is 423. The number of carbonyl (C=O) groups is 1. The van der Waals surface area contributed by atoms with Crippen molar-refractivity contribution in [2.45, 2.75) is 20.3 Å². The van der Waals surface area contributed by atoms with E-state index in [9.17, 15) is 4.79 Å². The van der Waals surface area contributed by atoms with Gasteiger partial charge in [-0.25, -0.2) is 4.98 Å². The van der Waals surface area contributed by atoms with Gasteiger partial charge in [-0.05, 0) is 18.1 Å². The molecule has 1 unspecified atom stereocenters. The zero-order valence-corrected chi connectivity index (χ0v) is 12.1. The van der Waals surface area contributed by atoms with E-state index < -0.39 is 0 Å². The highest BCUT2D eigenvalue weighted by molar-refractivity contribution is 6.33. The summed E-state index contributed by atoms with van der Waals surface area (Å²) in [5.41, 5.74) is 0.300. The molecule has 0 saturated heterocycles. The summed E-state index contributed by atoms with van der Waals surface area (Å²) in [5.74, 6) is 0.960. The Morgan fingerprint density at radius 2 is 2.22 bits per heavy atom. The third kappa shape index (κ3) is 3.60. The lowest BCUT2D eigenvalue weighted by molar-refractivity contribution is 0.0769. The highest BCUT2D eigenvalue weighted by Gasteiger charge is 2.18. The van der Waals surface area contributed by atoms with E-state index in [4.69, 9.17) is 11.6 Å². The molecule has 18 heavy (non-hydrogen) atoms. The van der Waals surface area contributed by atoms with E-state index in [0.717, 1.165) is 6.42 Å². The first-order valence-electron chi connectivity index (χ1n) is 6.09. The van der Waals surface area contributed by atoms with Crippen LogP contribution in [0.1, 0.15) is 30.8 Å². The summed E-state index contributed by atoms with van der Waals surface area (Å²) in [4.78, 5) is 18.1. The Morgan fingerprint density at radius 1 is 1.56 bits per heavy atom. The fraction of sp³-hybridized carbons (Fsp3) is 0.538. The number of halogens is 1. The summed E-state index contributed by atoms with van der Waals surface area (Å²) in [7, 11) is 3.53. The van der Waals surface area contributed by atoms with Crippen LogP contribution < -0.4 is 5.32 Å². The minimum atomic E-state index is -0.141. The van der Waals surface area contributed by atoms with E-state index in [1.165, 1.54) is 0 Å². The van der Waals surface area contributed by atoms with Gasteiger partial charge in [0.25, 0.3) is 5.91 Å². The zero-order valence-electron chi connectivity index (χ0n) is 11.3. The average Bonchev–Trinajstić information content (AvgIpc) is 2.38. The molecule has 0 aliphatic heterocycles. The van der Waals surface area contributed by atoms with Crippen molar-refractivity contribution < 1.29 is 4.79 Å². The number of nitrogens with zero attached hydrogens (tertiary/aromatic N) is 2. The summed E-state index contributed by atoms with van der Waals surface area (Å²) >= 11 is 6.02. The quantitative estimate of drug-likeness (QED) is 0.894. The molecule has 0 saturated carbocycles. The van der Waals surface area contributed by atoms with Crippen LogP contribution in [0, 0.1) is 5.92 Å². The van der Waals surface area contributed by atoms with Gasteiger partial charge in [0.15, 0.2) is 0 Å². The Hall–Kier alpha value is -1.29. The molecule has 0 bridgehead atoms. The predicted octanol–water partition coefficient (Wildman–Crippen LogP) is 2.89. The van der Waals surface area contributed by atoms with Crippen molar-refractivity contribution >= 4 is 23.3 Å². The lowest BCUT2D eigenvalue weighted by Gasteiger charge is -2.21. The summed E-state index contributed by atoms with van der Waals surface area (Å²) in [6.07, 6.45) is 1.04. The third-order valence-electron chi connectivity index (χ3n) is 2.93. The van der Waals surface area contributed by atoms with Gasteiger partial charge in [0, 0.05) is 20.6 Å². The largest absolute Gasteiger partial charge is 0.373 e. The normalized spacial score (nSPS) is 12.1. The number of carbonyl (C=O) groups excluding carboxylic acids is 1. The third-order valence-corrected chi connectivity index (χ3v) is 3.24. The summed E-state index contributed by atoms with van der Waals surface area (Å²) in [5, 5.41) is 3.28. The van der Waals surface area contributed by atoms with Crippen LogP contribution in [-0.2, 0) is 0 Å². The minimum absolute atomic E-state index is 0.141. The average molecular weight is 270 g/mol. The first-order valence-corrected chi connectivity index (χ1v) is 6.47. The fourth-order valence-corrected chi connectivity index (χ4v) is 1.78. The number of anilines is 1. The molecule has 100 valence electrons. The summed E-state index contributed by atoms with van der Waals surface area (Å²) in [6.45, 7) is 4.93. The minimum Gasteiger partial charge on any atom is -0.373 e. The second-order valence-electron chi connectivity index (χ2n) is 4.48. The number of aromatic nitrogens is 1. The van der Waals surface area contributed by atoms with E-state index in [-0.39, 0.29) is 5.91 Å². The molecule has 1 amide bonds. The molecule has 0 aromatic carbocycles. The molecule has 1 heterocycles. The van der Waals surface area contributed by atoms with Crippen molar-refractivity contribution in [3.63, 3.8) is 0 Å². The second-order valence-corrected chi connectivity index (χ2v) is 4.88. The topological polar surface area (TPSA) is 45.2 Å². The van der Waals surface area contributed by atoms with E-state index in [2.05, 4.69) is 24.1 Å². The molecule has 1 atom stereocenters. The summed E-state index contributed by atoms with van der Waals surface area (Å²) < 4.78 is 0. The van der Waals surface area contributed by atoms with Crippen LogP contribution in [0.4, 0.5) is 5.82 Å². The Balaban J connectivity index is 2.89. The SMILES string of the molecule is CCC(C)CN(C)C(=O)c1nc(NC)ccc1Cl.